The molecule has 5 nitrogen and oxygen atoms in total. The first kappa shape index (κ1) is 18.2. The second-order valence-electron chi connectivity index (χ2n) is 6.54. The van der Waals surface area contributed by atoms with Crippen molar-refractivity contribution in [3.63, 3.8) is 0 Å². The molecule has 0 spiro atoms. The number of halogens is 1. The van der Waals surface area contributed by atoms with Crippen molar-refractivity contribution in [1.29, 1.82) is 0 Å². The van der Waals surface area contributed by atoms with Crippen molar-refractivity contribution in [2.24, 2.45) is 0 Å². The third kappa shape index (κ3) is 4.73. The monoisotopic (exact) mass is 357 g/mol. The molecule has 1 unspecified atom stereocenters. The summed E-state index contributed by atoms with van der Waals surface area (Å²) in [6.45, 7) is 5.78. The van der Waals surface area contributed by atoms with Crippen LogP contribution < -0.4 is 15.0 Å². The largest absolute Gasteiger partial charge is 0.481 e. The van der Waals surface area contributed by atoms with Crippen molar-refractivity contribution < 1.29 is 13.9 Å². The number of rotatable bonds is 5. The molecule has 1 aliphatic rings. The van der Waals surface area contributed by atoms with Crippen molar-refractivity contribution >= 4 is 17.3 Å². The quantitative estimate of drug-likeness (QED) is 0.894. The Kier molecular flexibility index (Phi) is 5.73. The summed E-state index contributed by atoms with van der Waals surface area (Å²) in [6.07, 6.45) is -0.683. The van der Waals surface area contributed by atoms with Crippen molar-refractivity contribution in [1.82, 2.24) is 4.90 Å². The minimum atomic E-state index is -0.683. The number of piperazine rings is 1. The third-order valence-corrected chi connectivity index (χ3v) is 4.50. The number of hydrogen-bond acceptors (Lipinski definition) is 4. The molecule has 1 N–H and O–H groups in total. The Morgan fingerprint density at radius 3 is 2.27 bits per heavy atom. The molecule has 138 valence electrons. The van der Waals surface area contributed by atoms with Gasteiger partial charge in [0.2, 0.25) is 0 Å². The van der Waals surface area contributed by atoms with Crippen molar-refractivity contribution in [2.45, 2.75) is 13.0 Å². The Morgan fingerprint density at radius 1 is 1.04 bits per heavy atom. The van der Waals surface area contributed by atoms with Crippen LogP contribution in [0.4, 0.5) is 15.8 Å². The van der Waals surface area contributed by atoms with E-state index in [9.17, 15) is 9.18 Å². The standard InChI is InChI=1S/C20H24FN3O2/c1-15(26-19-9-3-16(21)4-10-19)20(25)22-17-5-7-18(8-6-17)24-13-11-23(2)12-14-24/h3-10,15H,11-14H2,1-2H3,(H,22,25). The van der Waals surface area contributed by atoms with Crippen molar-refractivity contribution in [3.8, 4) is 5.75 Å². The van der Waals surface area contributed by atoms with E-state index in [1.807, 2.05) is 24.3 Å². The van der Waals surface area contributed by atoms with Gasteiger partial charge in [-0.3, -0.25) is 4.79 Å². The van der Waals surface area contributed by atoms with Gasteiger partial charge in [0.25, 0.3) is 5.91 Å². The van der Waals surface area contributed by atoms with Crippen molar-refractivity contribution in [3.05, 3.63) is 54.3 Å². The van der Waals surface area contributed by atoms with Crippen LogP contribution in [0.25, 0.3) is 0 Å². The van der Waals surface area contributed by atoms with E-state index in [-0.39, 0.29) is 11.7 Å². The molecule has 0 radical (unpaired) electrons. The van der Waals surface area contributed by atoms with Crippen LogP contribution in [-0.2, 0) is 4.79 Å². The maximum atomic E-state index is 12.9. The Balaban J connectivity index is 1.54. The minimum absolute atomic E-state index is 0.248. The average Bonchev–Trinajstić information content (AvgIpc) is 2.65. The van der Waals surface area contributed by atoms with E-state index >= 15 is 0 Å². The molecule has 1 atom stereocenters. The van der Waals surface area contributed by atoms with Gasteiger partial charge in [0.15, 0.2) is 6.10 Å². The van der Waals surface area contributed by atoms with Crippen LogP contribution in [-0.4, -0.2) is 50.1 Å². The third-order valence-electron chi connectivity index (χ3n) is 4.50. The number of carbonyl (C=O) groups excluding carboxylic acids is 1. The number of carbonyl (C=O) groups is 1. The van der Waals surface area contributed by atoms with Crippen LogP contribution in [0.1, 0.15) is 6.92 Å². The van der Waals surface area contributed by atoms with E-state index in [4.69, 9.17) is 4.74 Å². The molecule has 0 aliphatic carbocycles. The molecule has 0 aromatic heterocycles. The number of likely N-dealkylation sites (N-methyl/N-ethyl adjacent to an activating group) is 1. The van der Waals surface area contributed by atoms with Crippen molar-refractivity contribution in [2.75, 3.05) is 43.4 Å². The normalized spacial score (nSPS) is 16.2. The lowest BCUT2D eigenvalue weighted by molar-refractivity contribution is -0.122. The fourth-order valence-electron chi connectivity index (χ4n) is 2.83. The lowest BCUT2D eigenvalue weighted by Crippen LogP contribution is -2.44. The average molecular weight is 357 g/mol. The molecule has 6 heteroatoms. The first-order valence-electron chi connectivity index (χ1n) is 8.78. The van der Waals surface area contributed by atoms with Crippen LogP contribution in [0.2, 0.25) is 0 Å². The first-order valence-corrected chi connectivity index (χ1v) is 8.78. The summed E-state index contributed by atoms with van der Waals surface area (Å²) in [6, 6.07) is 13.5. The van der Waals surface area contributed by atoms with E-state index in [0.29, 0.717) is 5.75 Å². The predicted molar refractivity (Wildman–Crippen MR) is 101 cm³/mol. The number of nitrogens with one attached hydrogen (secondary N) is 1. The lowest BCUT2D eigenvalue weighted by atomic mass is 10.2. The van der Waals surface area contributed by atoms with Gasteiger partial charge in [-0.05, 0) is 62.5 Å². The molecule has 1 fully saturated rings. The Morgan fingerprint density at radius 2 is 1.65 bits per heavy atom. The molecule has 0 saturated carbocycles. The fraction of sp³-hybridized carbons (Fsp3) is 0.350. The SMILES string of the molecule is CC(Oc1ccc(F)cc1)C(=O)Nc1ccc(N2CCN(C)CC2)cc1. The molecule has 2 aromatic carbocycles. The Hall–Kier alpha value is -2.60. The van der Waals surface area contributed by atoms with E-state index in [1.54, 1.807) is 6.92 Å². The minimum Gasteiger partial charge on any atom is -0.481 e. The maximum absolute atomic E-state index is 12.9. The number of nitrogens with zero attached hydrogens (tertiary/aromatic N) is 2. The summed E-state index contributed by atoms with van der Waals surface area (Å²) in [5.41, 5.74) is 1.88. The summed E-state index contributed by atoms with van der Waals surface area (Å²) in [5.74, 6) is -0.129. The van der Waals surface area contributed by atoms with Crippen LogP contribution in [0, 0.1) is 5.82 Å². The zero-order chi connectivity index (χ0) is 18.5. The molecule has 1 aliphatic heterocycles. The van der Waals surface area contributed by atoms with Gasteiger partial charge < -0.3 is 19.9 Å². The van der Waals surface area contributed by atoms with Gasteiger partial charge in [0, 0.05) is 37.6 Å². The highest BCUT2D eigenvalue weighted by atomic mass is 19.1. The molecular weight excluding hydrogens is 333 g/mol. The molecule has 1 heterocycles. The number of benzene rings is 2. The lowest BCUT2D eigenvalue weighted by Gasteiger charge is -2.34. The Bertz CT molecular complexity index is 726. The molecule has 3 rings (SSSR count). The zero-order valence-corrected chi connectivity index (χ0v) is 15.1. The summed E-state index contributed by atoms with van der Waals surface area (Å²) >= 11 is 0. The van der Waals surface area contributed by atoms with Gasteiger partial charge in [-0.1, -0.05) is 0 Å². The Labute approximate surface area is 153 Å². The molecule has 2 aromatic rings. The number of hydrogen-bond donors (Lipinski definition) is 1. The zero-order valence-electron chi connectivity index (χ0n) is 15.1. The van der Waals surface area contributed by atoms with Gasteiger partial charge in [-0.2, -0.15) is 0 Å². The number of ether oxygens (including phenoxy) is 1. The summed E-state index contributed by atoms with van der Waals surface area (Å²) in [5, 5.41) is 2.85. The van der Waals surface area contributed by atoms with E-state index in [1.165, 1.54) is 24.3 Å². The van der Waals surface area contributed by atoms with Crippen LogP contribution in [0.5, 0.6) is 5.75 Å². The van der Waals surface area contributed by atoms with Gasteiger partial charge >= 0.3 is 0 Å². The first-order chi connectivity index (χ1) is 12.5. The highest BCUT2D eigenvalue weighted by Crippen LogP contribution is 2.20. The smallest absolute Gasteiger partial charge is 0.265 e. The van der Waals surface area contributed by atoms with E-state index in [2.05, 4.69) is 22.2 Å². The summed E-state index contributed by atoms with van der Waals surface area (Å²) in [4.78, 5) is 16.9. The fourth-order valence-corrected chi connectivity index (χ4v) is 2.83. The van der Waals surface area contributed by atoms with E-state index in [0.717, 1.165) is 37.6 Å². The van der Waals surface area contributed by atoms with E-state index < -0.39 is 6.10 Å². The topological polar surface area (TPSA) is 44.8 Å². The van der Waals surface area contributed by atoms with Gasteiger partial charge in [-0.25, -0.2) is 4.39 Å². The predicted octanol–water partition coefficient (Wildman–Crippen LogP) is 2.98. The second kappa shape index (κ2) is 8.19. The highest BCUT2D eigenvalue weighted by Gasteiger charge is 2.16. The number of amides is 1. The second-order valence-corrected chi connectivity index (χ2v) is 6.54. The molecule has 1 saturated heterocycles. The molecule has 26 heavy (non-hydrogen) atoms. The van der Waals surface area contributed by atoms with Crippen LogP contribution in [0.3, 0.4) is 0 Å². The highest BCUT2D eigenvalue weighted by molar-refractivity contribution is 5.94. The summed E-state index contributed by atoms with van der Waals surface area (Å²) < 4.78 is 18.5. The molecule has 1 amide bonds. The molecular formula is C20H24FN3O2. The number of anilines is 2. The molecule has 0 bridgehead atoms. The summed E-state index contributed by atoms with van der Waals surface area (Å²) in [7, 11) is 2.13. The van der Waals surface area contributed by atoms with Gasteiger partial charge in [-0.15, -0.1) is 0 Å². The van der Waals surface area contributed by atoms with Gasteiger partial charge in [0.1, 0.15) is 11.6 Å². The maximum Gasteiger partial charge on any atom is 0.265 e. The van der Waals surface area contributed by atoms with Crippen LogP contribution in [0.15, 0.2) is 48.5 Å². The van der Waals surface area contributed by atoms with Crippen LogP contribution >= 0.6 is 0 Å². The van der Waals surface area contributed by atoms with Gasteiger partial charge in [0.05, 0.1) is 0 Å².